The molecule has 3 aliphatic rings. The van der Waals surface area contributed by atoms with Crippen LogP contribution in [0.25, 0.3) is 0 Å². The maximum absolute atomic E-state index is 12.9. The molecule has 3 heterocycles. The average molecular weight is 417 g/mol. The van der Waals surface area contributed by atoms with Crippen LogP contribution >= 0.6 is 0 Å². The fourth-order valence-corrected chi connectivity index (χ4v) is 5.23. The second-order valence-corrected chi connectivity index (χ2v) is 9.48. The van der Waals surface area contributed by atoms with E-state index in [2.05, 4.69) is 21.8 Å². The number of likely N-dealkylation sites (N-methyl/N-ethyl adjacent to an activating group) is 1. The number of rotatable bonds is 4. The molecule has 1 saturated carbocycles. The topological polar surface area (TPSA) is 69.1 Å². The number of likely N-dealkylation sites (tertiary alicyclic amines) is 1. The van der Waals surface area contributed by atoms with Gasteiger partial charge in [0.15, 0.2) is 0 Å². The van der Waals surface area contributed by atoms with Crippen molar-refractivity contribution in [2.75, 3.05) is 52.9 Å². The smallest absolute Gasteiger partial charge is 0.236 e. The minimum absolute atomic E-state index is 0.231. The number of carbonyl (C=O) groups is 1. The van der Waals surface area contributed by atoms with Gasteiger partial charge in [-0.2, -0.15) is 0 Å². The van der Waals surface area contributed by atoms with Gasteiger partial charge in [-0.05, 0) is 77.2 Å². The largest absolute Gasteiger partial charge is 0.486 e. The molecule has 2 saturated heterocycles. The van der Waals surface area contributed by atoms with Gasteiger partial charge in [-0.15, -0.1) is 0 Å². The number of aliphatic hydroxyl groups is 1. The Labute approximate surface area is 180 Å². The van der Waals surface area contributed by atoms with Gasteiger partial charge in [-0.3, -0.25) is 14.7 Å². The average Bonchev–Trinajstić information content (AvgIpc) is 2.99. The van der Waals surface area contributed by atoms with E-state index in [0.717, 1.165) is 69.2 Å². The molecule has 3 fully saturated rings. The standard InChI is InChI=1S/C23H36N4O3/c1-16-5-6-21(17(2)24-16)30-22-12-19-14-27(13-18(19)11-20(22)28)23(29)15-26-8-4-7-25(3)9-10-26/h5-6,18-20,22,28H,4,7-15H2,1-3H3/t18-,19+,20+,22+/m0/s1. The van der Waals surface area contributed by atoms with Gasteiger partial charge in [0.25, 0.3) is 0 Å². The van der Waals surface area contributed by atoms with Crippen LogP contribution in [-0.4, -0.2) is 95.8 Å². The Morgan fingerprint density at radius 3 is 2.67 bits per heavy atom. The first-order chi connectivity index (χ1) is 14.4. The van der Waals surface area contributed by atoms with Crippen LogP contribution in [-0.2, 0) is 4.79 Å². The summed E-state index contributed by atoms with van der Waals surface area (Å²) in [4.78, 5) is 24.1. The second-order valence-electron chi connectivity index (χ2n) is 9.48. The summed E-state index contributed by atoms with van der Waals surface area (Å²) in [5, 5.41) is 10.7. The molecule has 7 nitrogen and oxygen atoms in total. The quantitative estimate of drug-likeness (QED) is 0.798. The lowest BCUT2D eigenvalue weighted by Gasteiger charge is -2.35. The Kier molecular flexibility index (Phi) is 6.60. The van der Waals surface area contributed by atoms with E-state index >= 15 is 0 Å². The van der Waals surface area contributed by atoms with Crippen molar-refractivity contribution in [3.8, 4) is 5.75 Å². The van der Waals surface area contributed by atoms with Gasteiger partial charge >= 0.3 is 0 Å². The summed E-state index contributed by atoms with van der Waals surface area (Å²) in [5.41, 5.74) is 1.82. The molecular formula is C23H36N4O3. The van der Waals surface area contributed by atoms with Gasteiger partial charge in [0, 0.05) is 31.9 Å². The van der Waals surface area contributed by atoms with Crippen molar-refractivity contribution >= 4 is 5.91 Å². The number of fused-ring (bicyclic) bond motifs is 1. The van der Waals surface area contributed by atoms with Gasteiger partial charge < -0.3 is 19.6 Å². The van der Waals surface area contributed by atoms with Crippen molar-refractivity contribution in [3.63, 3.8) is 0 Å². The van der Waals surface area contributed by atoms with Gasteiger partial charge in [0.1, 0.15) is 11.9 Å². The van der Waals surface area contributed by atoms with E-state index in [1.165, 1.54) is 0 Å². The summed E-state index contributed by atoms with van der Waals surface area (Å²) in [6, 6.07) is 3.89. The zero-order valence-electron chi connectivity index (χ0n) is 18.6. The third-order valence-electron chi connectivity index (χ3n) is 7.06. The number of carbonyl (C=O) groups excluding carboxylic acids is 1. The maximum Gasteiger partial charge on any atom is 0.236 e. The predicted molar refractivity (Wildman–Crippen MR) is 115 cm³/mol. The van der Waals surface area contributed by atoms with Crippen LogP contribution in [0, 0.1) is 25.7 Å². The Balaban J connectivity index is 1.33. The van der Waals surface area contributed by atoms with E-state index in [1.54, 1.807) is 0 Å². The molecule has 30 heavy (non-hydrogen) atoms. The Bertz CT molecular complexity index is 758. The number of aromatic nitrogens is 1. The van der Waals surface area contributed by atoms with E-state index in [-0.39, 0.29) is 12.0 Å². The molecule has 1 aromatic rings. The molecule has 0 bridgehead atoms. The van der Waals surface area contributed by atoms with Crippen LogP contribution < -0.4 is 4.74 Å². The predicted octanol–water partition coefficient (Wildman–Crippen LogP) is 1.31. The van der Waals surface area contributed by atoms with Crippen LogP contribution in [0.3, 0.4) is 0 Å². The van der Waals surface area contributed by atoms with E-state index in [4.69, 9.17) is 4.74 Å². The monoisotopic (exact) mass is 416 g/mol. The number of nitrogens with zero attached hydrogens (tertiary/aromatic N) is 4. The Morgan fingerprint density at radius 2 is 1.90 bits per heavy atom. The van der Waals surface area contributed by atoms with Crippen molar-refractivity contribution in [1.82, 2.24) is 19.7 Å². The minimum atomic E-state index is -0.497. The van der Waals surface area contributed by atoms with Crippen LogP contribution in [0.5, 0.6) is 5.75 Å². The van der Waals surface area contributed by atoms with E-state index in [9.17, 15) is 9.90 Å². The van der Waals surface area contributed by atoms with E-state index < -0.39 is 6.10 Å². The zero-order chi connectivity index (χ0) is 21.3. The molecule has 0 aromatic carbocycles. The highest BCUT2D eigenvalue weighted by atomic mass is 16.5. The third kappa shape index (κ3) is 4.95. The van der Waals surface area contributed by atoms with Gasteiger partial charge in [-0.25, -0.2) is 0 Å². The lowest BCUT2D eigenvalue weighted by atomic mass is 9.78. The number of aryl methyl sites for hydroxylation is 2. The highest BCUT2D eigenvalue weighted by Gasteiger charge is 2.44. The van der Waals surface area contributed by atoms with Crippen molar-refractivity contribution in [2.24, 2.45) is 11.8 Å². The van der Waals surface area contributed by atoms with Crippen molar-refractivity contribution in [2.45, 2.75) is 45.3 Å². The number of pyridine rings is 1. The van der Waals surface area contributed by atoms with Crippen LogP contribution in [0.2, 0.25) is 0 Å². The normalized spacial score (nSPS) is 30.7. The highest BCUT2D eigenvalue weighted by Crippen LogP contribution is 2.38. The fourth-order valence-electron chi connectivity index (χ4n) is 5.23. The van der Waals surface area contributed by atoms with Gasteiger partial charge in [-0.1, -0.05) is 0 Å². The zero-order valence-corrected chi connectivity index (χ0v) is 18.6. The summed E-state index contributed by atoms with van der Waals surface area (Å²) in [5.74, 6) is 1.76. The number of amides is 1. The molecule has 1 N–H and O–H groups in total. The molecule has 0 radical (unpaired) electrons. The lowest BCUT2D eigenvalue weighted by molar-refractivity contribution is -0.131. The summed E-state index contributed by atoms with van der Waals surface area (Å²) < 4.78 is 6.17. The summed E-state index contributed by atoms with van der Waals surface area (Å²) in [6.07, 6.45) is 1.88. The molecule has 0 spiro atoms. The molecule has 7 heteroatoms. The lowest BCUT2D eigenvalue weighted by Crippen LogP contribution is -2.42. The maximum atomic E-state index is 12.9. The van der Waals surface area contributed by atoms with E-state index in [0.29, 0.717) is 24.8 Å². The van der Waals surface area contributed by atoms with Gasteiger partial charge in [0.05, 0.1) is 18.3 Å². The summed E-state index contributed by atoms with van der Waals surface area (Å²) >= 11 is 0. The van der Waals surface area contributed by atoms with Crippen LogP contribution in [0.15, 0.2) is 12.1 Å². The first-order valence-corrected chi connectivity index (χ1v) is 11.4. The van der Waals surface area contributed by atoms with Crippen LogP contribution in [0.4, 0.5) is 0 Å². The second kappa shape index (κ2) is 9.20. The minimum Gasteiger partial charge on any atom is -0.486 e. The molecule has 2 aliphatic heterocycles. The Morgan fingerprint density at radius 1 is 1.13 bits per heavy atom. The fraction of sp³-hybridized carbons (Fsp3) is 0.739. The first kappa shape index (κ1) is 21.5. The molecule has 1 aromatic heterocycles. The van der Waals surface area contributed by atoms with E-state index in [1.807, 2.05) is 30.9 Å². The number of hydrogen-bond acceptors (Lipinski definition) is 6. The highest BCUT2D eigenvalue weighted by molar-refractivity contribution is 5.78. The molecule has 0 unspecified atom stereocenters. The third-order valence-corrected chi connectivity index (χ3v) is 7.06. The van der Waals surface area contributed by atoms with Crippen molar-refractivity contribution in [1.29, 1.82) is 0 Å². The SMILES string of the molecule is Cc1ccc(O[C@@H]2C[C@@H]3CN(C(=O)CN4CCCN(C)CC4)C[C@@H]3C[C@H]2O)c(C)n1. The van der Waals surface area contributed by atoms with Crippen LogP contribution in [0.1, 0.15) is 30.7 Å². The first-order valence-electron chi connectivity index (χ1n) is 11.4. The van der Waals surface area contributed by atoms with Gasteiger partial charge in [0.2, 0.25) is 5.91 Å². The Hall–Kier alpha value is -1.70. The number of aliphatic hydroxyl groups excluding tert-OH is 1. The molecule has 1 amide bonds. The summed E-state index contributed by atoms with van der Waals surface area (Å²) in [7, 11) is 2.15. The molecule has 4 atom stereocenters. The molecular weight excluding hydrogens is 380 g/mol. The summed E-state index contributed by atoms with van der Waals surface area (Å²) in [6.45, 7) is 10.1. The number of ether oxygens (including phenoxy) is 1. The number of hydrogen-bond donors (Lipinski definition) is 1. The molecule has 1 aliphatic carbocycles. The van der Waals surface area contributed by atoms with Crippen molar-refractivity contribution < 1.29 is 14.6 Å². The van der Waals surface area contributed by atoms with Crippen molar-refractivity contribution in [3.05, 3.63) is 23.5 Å². The molecule has 4 rings (SSSR count). The molecule has 166 valence electrons.